The lowest BCUT2D eigenvalue weighted by molar-refractivity contribution is -0.192. The number of hydrogen-bond donors (Lipinski definition) is 1. The largest absolute Gasteiger partial charge is 0.490 e. The number of halogens is 3. The number of carbonyl (C=O) groups excluding carboxylic acids is 1. The van der Waals surface area contributed by atoms with Crippen molar-refractivity contribution in [3.8, 4) is 0 Å². The molecule has 3 fully saturated rings. The molecule has 1 saturated carbocycles. The van der Waals surface area contributed by atoms with Gasteiger partial charge in [0.2, 0.25) is 5.91 Å². The molecule has 2 aromatic heterocycles. The standard InChI is InChI=1S/C24H36N6O.C2HF3O2/c1-17(2)29-14-22(25-16-29)21-13-27(10-20-9-26-30(12-20)18(3)4)15-24(21)7-8-28(23(24)31)11-19-5-6-19;3-2(4,5)1(6)7/h9,12,14,16-19,21H,5-8,10-11,13,15H2,1-4H3;(H,6,7). The molecule has 0 bridgehead atoms. The summed E-state index contributed by atoms with van der Waals surface area (Å²) >= 11 is 0. The Hall–Kier alpha value is -2.89. The van der Waals surface area contributed by atoms with Gasteiger partial charge in [0.1, 0.15) is 0 Å². The number of rotatable bonds is 7. The predicted octanol–water partition coefficient (Wildman–Crippen LogP) is 4.10. The van der Waals surface area contributed by atoms with Crippen molar-refractivity contribution in [3.63, 3.8) is 0 Å². The van der Waals surface area contributed by atoms with E-state index >= 15 is 0 Å². The maximum atomic E-state index is 13.8. The van der Waals surface area contributed by atoms with Crippen LogP contribution in [0.25, 0.3) is 0 Å². The van der Waals surface area contributed by atoms with E-state index < -0.39 is 12.1 Å². The number of carboxylic acids is 1. The van der Waals surface area contributed by atoms with Gasteiger partial charge in [-0.3, -0.25) is 14.4 Å². The highest BCUT2D eigenvalue weighted by Gasteiger charge is 2.58. The number of carbonyl (C=O) groups is 2. The van der Waals surface area contributed by atoms with E-state index in [1.54, 1.807) is 0 Å². The number of amides is 1. The monoisotopic (exact) mass is 538 g/mol. The van der Waals surface area contributed by atoms with Crippen molar-refractivity contribution >= 4 is 11.9 Å². The van der Waals surface area contributed by atoms with E-state index in [2.05, 4.69) is 59.6 Å². The fourth-order valence-corrected chi connectivity index (χ4v) is 5.43. The molecule has 210 valence electrons. The molecule has 1 aliphatic carbocycles. The minimum Gasteiger partial charge on any atom is -0.475 e. The van der Waals surface area contributed by atoms with Crippen molar-refractivity contribution < 1.29 is 27.9 Å². The number of likely N-dealkylation sites (tertiary alicyclic amines) is 2. The van der Waals surface area contributed by atoms with Gasteiger partial charge >= 0.3 is 12.1 Å². The second-order valence-electron chi connectivity index (χ2n) is 11.4. The molecule has 1 amide bonds. The van der Waals surface area contributed by atoms with Crippen LogP contribution in [0.2, 0.25) is 0 Å². The van der Waals surface area contributed by atoms with Crippen LogP contribution in [0, 0.1) is 11.3 Å². The van der Waals surface area contributed by atoms with Crippen molar-refractivity contribution in [3.05, 3.63) is 36.2 Å². The third kappa shape index (κ3) is 6.05. The highest BCUT2D eigenvalue weighted by Crippen LogP contribution is 2.50. The summed E-state index contributed by atoms with van der Waals surface area (Å²) in [4.78, 5) is 32.1. The van der Waals surface area contributed by atoms with Gasteiger partial charge in [0.25, 0.3) is 0 Å². The smallest absolute Gasteiger partial charge is 0.475 e. The molecule has 0 radical (unpaired) electrons. The van der Waals surface area contributed by atoms with Gasteiger partial charge in [-0.2, -0.15) is 18.3 Å². The molecule has 38 heavy (non-hydrogen) atoms. The zero-order valence-corrected chi connectivity index (χ0v) is 22.4. The average molecular weight is 539 g/mol. The Bertz CT molecular complexity index is 1140. The number of nitrogens with zero attached hydrogens (tertiary/aromatic N) is 6. The number of aromatic nitrogens is 4. The lowest BCUT2D eigenvalue weighted by Gasteiger charge is -2.28. The second-order valence-corrected chi connectivity index (χ2v) is 11.4. The molecule has 2 aliphatic heterocycles. The molecule has 2 unspecified atom stereocenters. The van der Waals surface area contributed by atoms with Crippen LogP contribution < -0.4 is 0 Å². The number of aliphatic carboxylic acids is 1. The summed E-state index contributed by atoms with van der Waals surface area (Å²) in [6, 6.07) is 0.737. The summed E-state index contributed by atoms with van der Waals surface area (Å²) in [5.74, 6) is -1.50. The van der Waals surface area contributed by atoms with Crippen LogP contribution in [0.5, 0.6) is 0 Å². The average Bonchev–Trinajstić information content (AvgIpc) is 3.20. The summed E-state index contributed by atoms with van der Waals surface area (Å²) in [5.41, 5.74) is 1.97. The van der Waals surface area contributed by atoms with Crippen LogP contribution in [-0.2, 0) is 16.1 Å². The topological polar surface area (TPSA) is 96.5 Å². The van der Waals surface area contributed by atoms with Crippen LogP contribution in [0.15, 0.2) is 24.9 Å². The first-order valence-electron chi connectivity index (χ1n) is 13.2. The predicted molar refractivity (Wildman–Crippen MR) is 133 cm³/mol. The first-order chi connectivity index (χ1) is 17.8. The minimum atomic E-state index is -5.08. The number of alkyl halides is 3. The maximum absolute atomic E-state index is 13.8. The Morgan fingerprint density at radius 1 is 1.18 bits per heavy atom. The summed E-state index contributed by atoms with van der Waals surface area (Å²) in [7, 11) is 0. The van der Waals surface area contributed by atoms with Gasteiger partial charge in [0.15, 0.2) is 0 Å². The van der Waals surface area contributed by atoms with Crippen molar-refractivity contribution in [2.45, 2.75) is 77.7 Å². The van der Waals surface area contributed by atoms with Crippen LogP contribution in [0.1, 0.15) is 76.2 Å². The van der Waals surface area contributed by atoms with Gasteiger partial charge in [-0.15, -0.1) is 0 Å². The Labute approximate surface area is 220 Å². The molecule has 5 rings (SSSR count). The van der Waals surface area contributed by atoms with Crippen molar-refractivity contribution in [1.82, 2.24) is 29.1 Å². The summed E-state index contributed by atoms with van der Waals surface area (Å²) < 4.78 is 35.9. The number of imidazole rings is 1. The molecule has 2 saturated heterocycles. The maximum Gasteiger partial charge on any atom is 0.490 e. The van der Waals surface area contributed by atoms with E-state index in [9.17, 15) is 18.0 Å². The normalized spacial score (nSPS) is 24.1. The molecule has 0 aromatic carbocycles. The Morgan fingerprint density at radius 2 is 1.87 bits per heavy atom. The zero-order valence-electron chi connectivity index (χ0n) is 22.4. The molecule has 9 nitrogen and oxygen atoms in total. The molecular weight excluding hydrogens is 501 g/mol. The molecule has 2 aromatic rings. The highest BCUT2D eigenvalue weighted by atomic mass is 19.4. The summed E-state index contributed by atoms with van der Waals surface area (Å²) in [5, 5.41) is 11.6. The highest BCUT2D eigenvalue weighted by molar-refractivity contribution is 5.87. The van der Waals surface area contributed by atoms with Crippen molar-refractivity contribution in [2.24, 2.45) is 11.3 Å². The molecule has 4 heterocycles. The lowest BCUT2D eigenvalue weighted by Crippen LogP contribution is -2.40. The Kier molecular flexibility index (Phi) is 7.92. The first kappa shape index (κ1) is 28.1. The minimum absolute atomic E-state index is 0.157. The number of hydrogen-bond acceptors (Lipinski definition) is 5. The van der Waals surface area contributed by atoms with Crippen LogP contribution in [0.3, 0.4) is 0 Å². The van der Waals surface area contributed by atoms with E-state index in [1.165, 1.54) is 18.4 Å². The second kappa shape index (κ2) is 10.7. The summed E-state index contributed by atoms with van der Waals surface area (Å²) in [6.07, 6.45) is 6.66. The van der Waals surface area contributed by atoms with E-state index in [-0.39, 0.29) is 11.3 Å². The Morgan fingerprint density at radius 3 is 2.39 bits per heavy atom. The van der Waals surface area contributed by atoms with E-state index in [1.807, 2.05) is 17.2 Å². The number of carboxylic acid groups (broad SMARTS) is 1. The van der Waals surface area contributed by atoms with Gasteiger partial charge in [-0.25, -0.2) is 9.78 Å². The van der Waals surface area contributed by atoms with Crippen molar-refractivity contribution in [1.29, 1.82) is 0 Å². The fourth-order valence-electron chi connectivity index (χ4n) is 5.43. The first-order valence-corrected chi connectivity index (χ1v) is 13.2. The molecule has 1 spiro atoms. The van der Waals surface area contributed by atoms with Crippen LogP contribution >= 0.6 is 0 Å². The van der Waals surface area contributed by atoms with Gasteiger partial charge in [-0.05, 0) is 52.9 Å². The SMILES string of the molecule is CC(C)n1cnc(C2CN(Cc3cnn(C(C)C)c3)CC23CCN(CC2CC2)C3=O)c1.O=C(O)C(F)(F)F. The molecule has 2 atom stereocenters. The van der Waals surface area contributed by atoms with E-state index in [0.29, 0.717) is 18.0 Å². The molecule has 3 aliphatic rings. The van der Waals surface area contributed by atoms with Crippen LogP contribution in [0.4, 0.5) is 13.2 Å². The van der Waals surface area contributed by atoms with Crippen LogP contribution in [-0.4, -0.2) is 78.5 Å². The third-order valence-corrected chi connectivity index (χ3v) is 7.74. The Balaban J connectivity index is 0.000000426. The van der Waals surface area contributed by atoms with Crippen molar-refractivity contribution in [2.75, 3.05) is 26.2 Å². The molecule has 1 N–H and O–H groups in total. The lowest BCUT2D eigenvalue weighted by atomic mass is 9.75. The van der Waals surface area contributed by atoms with Gasteiger partial charge in [0.05, 0.1) is 23.6 Å². The third-order valence-electron chi connectivity index (χ3n) is 7.74. The van der Waals surface area contributed by atoms with Gasteiger partial charge in [0, 0.05) is 68.7 Å². The van der Waals surface area contributed by atoms with Gasteiger partial charge < -0.3 is 14.6 Å². The fraction of sp³-hybridized carbons (Fsp3) is 0.692. The molecular formula is C26H37F3N6O3. The van der Waals surface area contributed by atoms with E-state index in [0.717, 1.165) is 50.8 Å². The van der Waals surface area contributed by atoms with E-state index in [4.69, 9.17) is 14.9 Å². The zero-order chi connectivity index (χ0) is 27.8. The molecule has 12 heteroatoms. The quantitative estimate of drug-likeness (QED) is 0.570. The summed E-state index contributed by atoms with van der Waals surface area (Å²) in [6.45, 7) is 13.0. The van der Waals surface area contributed by atoms with Gasteiger partial charge in [-0.1, -0.05) is 0 Å².